The summed E-state index contributed by atoms with van der Waals surface area (Å²) in [5.41, 5.74) is 5.72. The van der Waals surface area contributed by atoms with Crippen molar-refractivity contribution in [3.05, 3.63) is 30.1 Å². The summed E-state index contributed by atoms with van der Waals surface area (Å²) in [4.78, 5) is 7.71. The van der Waals surface area contributed by atoms with E-state index in [-0.39, 0.29) is 22.5 Å². The Morgan fingerprint density at radius 1 is 1.25 bits per heavy atom. The minimum absolute atomic E-state index is 0.0268. The molecule has 0 saturated heterocycles. The van der Waals surface area contributed by atoms with Crippen LogP contribution < -0.4 is 5.73 Å². The molecule has 5 nitrogen and oxygen atoms in total. The molecular formula is C9H5F2N5. The number of hydrogen-bond donors (Lipinski definition) is 1. The summed E-state index contributed by atoms with van der Waals surface area (Å²) >= 11 is 0. The van der Waals surface area contributed by atoms with Gasteiger partial charge in [-0.25, -0.2) is 13.8 Å². The molecule has 0 aliphatic heterocycles. The molecule has 1 aromatic carbocycles. The Bertz CT molecular complexity index is 706. The predicted molar refractivity (Wildman–Crippen MR) is 52.6 cm³/mol. The Morgan fingerprint density at radius 2 is 2.06 bits per heavy atom. The van der Waals surface area contributed by atoms with Crippen molar-refractivity contribution in [3.63, 3.8) is 0 Å². The van der Waals surface area contributed by atoms with Gasteiger partial charge in [-0.2, -0.15) is 9.50 Å². The van der Waals surface area contributed by atoms with Crippen LogP contribution in [0.3, 0.4) is 0 Å². The Hall–Kier alpha value is -2.31. The molecule has 80 valence electrons. The van der Waals surface area contributed by atoms with E-state index in [1.165, 1.54) is 10.8 Å². The number of rotatable bonds is 0. The second-order valence-electron chi connectivity index (χ2n) is 3.27. The molecule has 0 amide bonds. The smallest absolute Gasteiger partial charge is 0.240 e. The summed E-state index contributed by atoms with van der Waals surface area (Å²) in [7, 11) is 0. The number of benzene rings is 1. The van der Waals surface area contributed by atoms with Gasteiger partial charge in [0, 0.05) is 6.07 Å². The minimum Gasteiger partial charge on any atom is -0.366 e. The average molecular weight is 221 g/mol. The van der Waals surface area contributed by atoms with E-state index in [2.05, 4.69) is 15.1 Å². The van der Waals surface area contributed by atoms with E-state index < -0.39 is 11.6 Å². The highest BCUT2D eigenvalue weighted by Crippen LogP contribution is 2.21. The molecule has 2 heterocycles. The van der Waals surface area contributed by atoms with Crippen LogP contribution in [0.5, 0.6) is 0 Å². The number of nitrogens with zero attached hydrogens (tertiary/aromatic N) is 4. The van der Waals surface area contributed by atoms with Gasteiger partial charge in [0.05, 0.1) is 5.39 Å². The maximum absolute atomic E-state index is 13.4. The van der Waals surface area contributed by atoms with Crippen LogP contribution >= 0.6 is 0 Å². The van der Waals surface area contributed by atoms with Gasteiger partial charge in [-0.1, -0.05) is 0 Å². The van der Waals surface area contributed by atoms with Gasteiger partial charge in [-0.05, 0) is 6.07 Å². The lowest BCUT2D eigenvalue weighted by molar-refractivity contribution is 0.590. The molecule has 3 aromatic rings. The zero-order chi connectivity index (χ0) is 11.3. The molecule has 3 rings (SSSR count). The third-order valence-corrected chi connectivity index (χ3v) is 2.21. The Balaban J connectivity index is 2.58. The van der Waals surface area contributed by atoms with Crippen molar-refractivity contribution < 1.29 is 8.78 Å². The molecule has 0 aliphatic carbocycles. The second kappa shape index (κ2) is 2.84. The number of halogens is 2. The van der Waals surface area contributed by atoms with E-state index in [9.17, 15) is 8.78 Å². The number of hydrogen-bond acceptors (Lipinski definition) is 4. The highest BCUT2D eigenvalue weighted by molar-refractivity contribution is 5.91. The Morgan fingerprint density at radius 3 is 2.88 bits per heavy atom. The summed E-state index contributed by atoms with van der Waals surface area (Å²) in [6.45, 7) is 0. The van der Waals surface area contributed by atoms with Crippen LogP contribution in [0.2, 0.25) is 0 Å². The highest BCUT2D eigenvalue weighted by Gasteiger charge is 2.11. The first kappa shape index (κ1) is 8.96. The average Bonchev–Trinajstić information content (AvgIpc) is 2.58. The van der Waals surface area contributed by atoms with E-state index in [0.29, 0.717) is 0 Å². The molecule has 0 atom stereocenters. The van der Waals surface area contributed by atoms with Crippen molar-refractivity contribution in [1.82, 2.24) is 19.6 Å². The van der Waals surface area contributed by atoms with E-state index in [4.69, 9.17) is 5.73 Å². The van der Waals surface area contributed by atoms with Gasteiger partial charge in [0.15, 0.2) is 11.5 Å². The molecule has 0 aliphatic rings. The van der Waals surface area contributed by atoms with Gasteiger partial charge >= 0.3 is 0 Å². The zero-order valence-corrected chi connectivity index (χ0v) is 7.85. The van der Waals surface area contributed by atoms with Crippen molar-refractivity contribution in [3.8, 4) is 0 Å². The molecular weight excluding hydrogens is 216 g/mol. The van der Waals surface area contributed by atoms with Crippen molar-refractivity contribution >= 4 is 22.5 Å². The molecule has 0 saturated carbocycles. The Labute approximate surface area is 87.5 Å². The van der Waals surface area contributed by atoms with Crippen LogP contribution in [-0.4, -0.2) is 19.6 Å². The summed E-state index contributed by atoms with van der Waals surface area (Å²) in [6, 6.07) is 1.92. The van der Waals surface area contributed by atoms with Crippen LogP contribution in [-0.2, 0) is 0 Å². The fourth-order valence-corrected chi connectivity index (χ4v) is 1.58. The van der Waals surface area contributed by atoms with Crippen molar-refractivity contribution in [2.45, 2.75) is 0 Å². The van der Waals surface area contributed by atoms with Crippen LogP contribution in [0.1, 0.15) is 0 Å². The normalized spacial score (nSPS) is 11.4. The van der Waals surface area contributed by atoms with Gasteiger partial charge in [0.2, 0.25) is 5.95 Å². The molecule has 16 heavy (non-hydrogen) atoms. The van der Waals surface area contributed by atoms with E-state index in [1.807, 2.05) is 0 Å². The molecule has 0 fully saturated rings. The monoisotopic (exact) mass is 221 g/mol. The lowest BCUT2D eigenvalue weighted by Gasteiger charge is -1.99. The lowest BCUT2D eigenvalue weighted by Crippen LogP contribution is -1.94. The number of fused-ring (bicyclic) bond motifs is 3. The fraction of sp³-hybridized carbons (Fsp3) is 0. The van der Waals surface area contributed by atoms with Crippen LogP contribution in [0.4, 0.5) is 14.7 Å². The quantitative estimate of drug-likeness (QED) is 0.618. The van der Waals surface area contributed by atoms with Gasteiger partial charge in [-0.15, -0.1) is 5.10 Å². The van der Waals surface area contributed by atoms with Crippen LogP contribution in [0.25, 0.3) is 16.6 Å². The van der Waals surface area contributed by atoms with E-state index in [1.54, 1.807) is 0 Å². The van der Waals surface area contributed by atoms with Crippen LogP contribution in [0.15, 0.2) is 18.5 Å². The fourth-order valence-electron chi connectivity index (χ4n) is 1.58. The topological polar surface area (TPSA) is 69.1 Å². The largest absolute Gasteiger partial charge is 0.366 e. The third kappa shape index (κ3) is 1.11. The first-order valence-electron chi connectivity index (χ1n) is 4.41. The van der Waals surface area contributed by atoms with Gasteiger partial charge in [0.25, 0.3) is 0 Å². The summed E-state index contributed by atoms with van der Waals surface area (Å²) < 4.78 is 27.7. The van der Waals surface area contributed by atoms with Crippen molar-refractivity contribution in [1.29, 1.82) is 0 Å². The molecule has 0 radical (unpaired) electrons. The maximum Gasteiger partial charge on any atom is 0.240 e. The minimum atomic E-state index is -0.737. The number of aromatic nitrogens is 4. The number of nitrogen functional groups attached to an aromatic ring is 1. The van der Waals surface area contributed by atoms with E-state index >= 15 is 0 Å². The SMILES string of the molecule is Nc1nc2c3cc(F)cc(F)c3ncn2n1. The van der Waals surface area contributed by atoms with Crippen molar-refractivity contribution in [2.24, 2.45) is 0 Å². The predicted octanol–water partition coefficient (Wildman–Crippen LogP) is 1.14. The Kier molecular flexibility index (Phi) is 1.59. The lowest BCUT2D eigenvalue weighted by atomic mass is 10.2. The molecule has 0 unspecified atom stereocenters. The third-order valence-electron chi connectivity index (χ3n) is 2.21. The highest BCUT2D eigenvalue weighted by atomic mass is 19.1. The zero-order valence-electron chi connectivity index (χ0n) is 7.85. The molecule has 0 spiro atoms. The summed E-state index contributed by atoms with van der Waals surface area (Å²) in [5, 5.41) is 4.04. The van der Waals surface area contributed by atoms with Crippen LogP contribution in [0, 0.1) is 11.6 Å². The van der Waals surface area contributed by atoms with Gasteiger partial charge < -0.3 is 5.73 Å². The first-order chi connectivity index (χ1) is 7.65. The second-order valence-corrected chi connectivity index (χ2v) is 3.27. The van der Waals surface area contributed by atoms with Gasteiger partial charge in [-0.3, -0.25) is 0 Å². The van der Waals surface area contributed by atoms with E-state index in [0.717, 1.165) is 12.1 Å². The summed E-state index contributed by atoms with van der Waals surface area (Å²) in [6.07, 6.45) is 1.28. The van der Waals surface area contributed by atoms with Gasteiger partial charge in [0.1, 0.15) is 17.7 Å². The van der Waals surface area contributed by atoms with Crippen molar-refractivity contribution in [2.75, 3.05) is 5.73 Å². The molecule has 2 aromatic heterocycles. The summed E-state index contributed by atoms with van der Waals surface area (Å²) in [5.74, 6) is -1.40. The molecule has 0 bridgehead atoms. The first-order valence-corrected chi connectivity index (χ1v) is 4.41. The molecule has 2 N–H and O–H groups in total. The molecule has 7 heteroatoms. The number of nitrogens with two attached hydrogens (primary N) is 1. The standard InChI is InChI=1S/C9H5F2N5/c10-4-1-5-7(6(11)2-4)13-3-16-8(5)14-9(12)15-16/h1-3H,(H2,12,15). The number of anilines is 1. The maximum atomic E-state index is 13.4.